The van der Waals surface area contributed by atoms with E-state index in [2.05, 4.69) is 51.9 Å². The number of aryl methyl sites for hydroxylation is 1. The number of aromatic nitrogens is 3. The SMILES string of the molecule is COc1ccc(NC(=O)C2=C(C)Nc3ncnn3[C@H]2c2ccc(OCc3ccc(C)cc3)cc2)cc1. The van der Waals surface area contributed by atoms with Gasteiger partial charge < -0.3 is 20.1 Å². The lowest BCUT2D eigenvalue weighted by atomic mass is 9.95. The van der Waals surface area contributed by atoms with E-state index >= 15 is 0 Å². The van der Waals surface area contributed by atoms with Crippen molar-refractivity contribution >= 4 is 17.5 Å². The van der Waals surface area contributed by atoms with Crippen LogP contribution in [0.2, 0.25) is 0 Å². The molecule has 8 heteroatoms. The highest BCUT2D eigenvalue weighted by molar-refractivity contribution is 6.06. The summed E-state index contributed by atoms with van der Waals surface area (Å²) in [5, 5.41) is 10.6. The van der Waals surface area contributed by atoms with Gasteiger partial charge in [0.2, 0.25) is 5.95 Å². The fraction of sp³-hybridized carbons (Fsp3) is 0.179. The maximum absolute atomic E-state index is 13.5. The summed E-state index contributed by atoms with van der Waals surface area (Å²) in [5.74, 6) is 1.82. The zero-order valence-electron chi connectivity index (χ0n) is 20.4. The Balaban J connectivity index is 1.39. The van der Waals surface area contributed by atoms with Gasteiger partial charge in [0.25, 0.3) is 5.91 Å². The fourth-order valence-electron chi connectivity index (χ4n) is 4.16. The summed E-state index contributed by atoms with van der Waals surface area (Å²) in [4.78, 5) is 17.8. The van der Waals surface area contributed by atoms with E-state index in [1.54, 1.807) is 36.1 Å². The maximum atomic E-state index is 13.5. The van der Waals surface area contributed by atoms with Crippen molar-refractivity contribution in [3.63, 3.8) is 0 Å². The molecule has 0 radical (unpaired) electrons. The summed E-state index contributed by atoms with van der Waals surface area (Å²) < 4.78 is 12.9. The molecule has 3 aromatic carbocycles. The van der Waals surface area contributed by atoms with Crippen molar-refractivity contribution in [3.8, 4) is 11.5 Å². The Bertz CT molecular complexity index is 1390. The van der Waals surface area contributed by atoms with Crippen molar-refractivity contribution in [3.05, 3.63) is 107 Å². The van der Waals surface area contributed by atoms with Crippen LogP contribution in [0.5, 0.6) is 11.5 Å². The highest BCUT2D eigenvalue weighted by Crippen LogP contribution is 2.36. The van der Waals surface area contributed by atoms with Crippen molar-refractivity contribution in [1.82, 2.24) is 14.8 Å². The normalized spacial score (nSPS) is 14.6. The summed E-state index contributed by atoms with van der Waals surface area (Å²) in [7, 11) is 1.61. The number of methoxy groups -OCH3 is 1. The van der Waals surface area contributed by atoms with Crippen molar-refractivity contribution < 1.29 is 14.3 Å². The second kappa shape index (κ2) is 9.95. The number of amides is 1. The molecule has 1 aliphatic rings. The number of carbonyl (C=O) groups is 1. The van der Waals surface area contributed by atoms with Crippen LogP contribution < -0.4 is 20.1 Å². The molecule has 182 valence electrons. The fourth-order valence-corrected chi connectivity index (χ4v) is 4.16. The first-order valence-electron chi connectivity index (χ1n) is 11.6. The second-order valence-corrected chi connectivity index (χ2v) is 8.62. The van der Waals surface area contributed by atoms with Gasteiger partial charge in [-0.25, -0.2) is 4.68 Å². The van der Waals surface area contributed by atoms with Crippen molar-refractivity contribution in [1.29, 1.82) is 0 Å². The average Bonchev–Trinajstić information content (AvgIpc) is 3.36. The van der Waals surface area contributed by atoms with Crippen LogP contribution in [0.3, 0.4) is 0 Å². The van der Waals surface area contributed by atoms with Crippen LogP contribution in [0, 0.1) is 6.92 Å². The lowest BCUT2D eigenvalue weighted by molar-refractivity contribution is -0.113. The average molecular weight is 482 g/mol. The first kappa shape index (κ1) is 23.2. The number of fused-ring (bicyclic) bond motifs is 1. The lowest BCUT2D eigenvalue weighted by Gasteiger charge is -2.28. The van der Waals surface area contributed by atoms with Gasteiger partial charge in [0.15, 0.2) is 0 Å². The Labute approximate surface area is 209 Å². The number of anilines is 2. The van der Waals surface area contributed by atoms with Crippen LogP contribution in [0.1, 0.15) is 29.7 Å². The zero-order chi connectivity index (χ0) is 25.1. The second-order valence-electron chi connectivity index (χ2n) is 8.62. The molecule has 1 atom stereocenters. The van der Waals surface area contributed by atoms with E-state index in [0.717, 1.165) is 22.6 Å². The molecule has 0 spiro atoms. The Morgan fingerprint density at radius 1 is 0.972 bits per heavy atom. The van der Waals surface area contributed by atoms with Crippen LogP contribution in [0.4, 0.5) is 11.6 Å². The van der Waals surface area contributed by atoms with E-state index in [9.17, 15) is 4.79 Å². The molecule has 1 amide bonds. The third kappa shape index (κ3) is 4.79. The van der Waals surface area contributed by atoms with Crippen LogP contribution in [-0.2, 0) is 11.4 Å². The first-order valence-corrected chi connectivity index (χ1v) is 11.6. The third-order valence-electron chi connectivity index (χ3n) is 6.11. The van der Waals surface area contributed by atoms with Gasteiger partial charge in [-0.3, -0.25) is 4.79 Å². The number of nitrogens with one attached hydrogen (secondary N) is 2. The molecule has 2 N–H and O–H groups in total. The minimum atomic E-state index is -0.451. The minimum absolute atomic E-state index is 0.226. The number of allylic oxidation sites excluding steroid dienone is 1. The highest BCUT2D eigenvalue weighted by Gasteiger charge is 2.33. The topological polar surface area (TPSA) is 90.3 Å². The minimum Gasteiger partial charge on any atom is -0.497 e. The molecule has 36 heavy (non-hydrogen) atoms. The molecule has 0 bridgehead atoms. The quantitative estimate of drug-likeness (QED) is 0.382. The van der Waals surface area contributed by atoms with E-state index in [1.807, 2.05) is 31.2 Å². The first-order chi connectivity index (χ1) is 17.5. The van der Waals surface area contributed by atoms with Gasteiger partial charge in [-0.15, -0.1) is 0 Å². The molecule has 1 aliphatic heterocycles. The Kier molecular flexibility index (Phi) is 6.40. The molecule has 0 saturated heterocycles. The van der Waals surface area contributed by atoms with E-state index in [1.165, 1.54) is 11.9 Å². The van der Waals surface area contributed by atoms with Gasteiger partial charge in [-0.1, -0.05) is 42.0 Å². The van der Waals surface area contributed by atoms with Crippen LogP contribution in [0.25, 0.3) is 0 Å². The van der Waals surface area contributed by atoms with Gasteiger partial charge in [0.1, 0.15) is 30.5 Å². The van der Waals surface area contributed by atoms with Crippen LogP contribution in [-0.4, -0.2) is 27.8 Å². The standard InChI is InChI=1S/C28H27N5O3/c1-18-4-6-20(7-5-18)16-36-24-12-8-21(9-13-24)26-25(19(2)31-28-29-17-30-33(26)28)27(34)32-22-10-14-23(35-3)15-11-22/h4-15,17,26H,16H2,1-3H3,(H,32,34)(H,29,30,31)/t26-/m0/s1. The number of rotatable bonds is 7. The molecule has 2 heterocycles. The molecular weight excluding hydrogens is 454 g/mol. The molecule has 8 nitrogen and oxygen atoms in total. The molecular formula is C28H27N5O3. The van der Waals surface area contributed by atoms with Gasteiger partial charge in [-0.2, -0.15) is 10.1 Å². The van der Waals surface area contributed by atoms with E-state index in [0.29, 0.717) is 29.5 Å². The van der Waals surface area contributed by atoms with Gasteiger partial charge in [-0.05, 0) is 61.4 Å². The number of nitrogens with zero attached hydrogens (tertiary/aromatic N) is 3. The molecule has 4 aromatic rings. The summed E-state index contributed by atoms with van der Waals surface area (Å²) in [5.41, 5.74) is 5.15. The zero-order valence-corrected chi connectivity index (χ0v) is 20.4. The van der Waals surface area contributed by atoms with E-state index in [-0.39, 0.29) is 5.91 Å². The summed E-state index contributed by atoms with van der Waals surface area (Å²) in [6.45, 7) is 4.41. The van der Waals surface area contributed by atoms with Gasteiger partial charge in [0, 0.05) is 11.4 Å². The van der Waals surface area contributed by atoms with E-state index in [4.69, 9.17) is 9.47 Å². The third-order valence-corrected chi connectivity index (χ3v) is 6.11. The lowest BCUT2D eigenvalue weighted by Crippen LogP contribution is -2.31. The van der Waals surface area contributed by atoms with Crippen molar-refractivity contribution in [2.75, 3.05) is 17.7 Å². The summed E-state index contributed by atoms with van der Waals surface area (Å²) in [6, 6.07) is 22.8. The molecule has 0 unspecified atom stereocenters. The number of hydrogen-bond donors (Lipinski definition) is 2. The number of hydrogen-bond acceptors (Lipinski definition) is 6. The molecule has 0 fully saturated rings. The molecule has 1 aromatic heterocycles. The Morgan fingerprint density at radius 2 is 1.67 bits per heavy atom. The van der Waals surface area contributed by atoms with Gasteiger partial charge in [0.05, 0.1) is 12.7 Å². The highest BCUT2D eigenvalue weighted by atomic mass is 16.5. The molecule has 0 saturated carbocycles. The Morgan fingerprint density at radius 3 is 2.36 bits per heavy atom. The molecule has 5 rings (SSSR count). The largest absolute Gasteiger partial charge is 0.497 e. The van der Waals surface area contributed by atoms with Crippen LogP contribution in [0.15, 0.2) is 90.4 Å². The maximum Gasteiger partial charge on any atom is 0.255 e. The number of benzene rings is 3. The molecule has 0 aliphatic carbocycles. The Hall–Kier alpha value is -4.59. The smallest absolute Gasteiger partial charge is 0.255 e. The number of carbonyl (C=O) groups excluding carboxylic acids is 1. The summed E-state index contributed by atoms with van der Waals surface area (Å²) in [6.07, 6.45) is 1.48. The number of ether oxygens (including phenoxy) is 2. The monoisotopic (exact) mass is 481 g/mol. The van der Waals surface area contributed by atoms with Crippen molar-refractivity contribution in [2.45, 2.75) is 26.5 Å². The summed E-state index contributed by atoms with van der Waals surface area (Å²) >= 11 is 0. The predicted molar refractivity (Wildman–Crippen MR) is 138 cm³/mol. The predicted octanol–water partition coefficient (Wildman–Crippen LogP) is 5.10. The van der Waals surface area contributed by atoms with Crippen LogP contribution >= 0.6 is 0 Å². The van der Waals surface area contributed by atoms with Gasteiger partial charge >= 0.3 is 0 Å². The van der Waals surface area contributed by atoms with Crippen molar-refractivity contribution in [2.24, 2.45) is 0 Å². The van der Waals surface area contributed by atoms with E-state index < -0.39 is 6.04 Å².